The van der Waals surface area contributed by atoms with Crippen LogP contribution in [0.2, 0.25) is 18.6 Å². The molecule has 1 nitrogen and oxygen atoms in total. The first-order valence-corrected chi connectivity index (χ1v) is 11.6. The summed E-state index contributed by atoms with van der Waals surface area (Å²) in [6, 6.07) is 9.28. The van der Waals surface area contributed by atoms with Gasteiger partial charge in [-0.05, 0) is 36.3 Å². The molecule has 1 aromatic carbocycles. The van der Waals surface area contributed by atoms with Gasteiger partial charge in [0.2, 0.25) is 0 Å². The van der Waals surface area contributed by atoms with Crippen molar-refractivity contribution in [2.24, 2.45) is 5.92 Å². The molecule has 2 heteroatoms. The van der Waals surface area contributed by atoms with Crippen molar-refractivity contribution in [1.82, 2.24) is 0 Å². The molecule has 0 N–H and O–H groups in total. The molecule has 21 heavy (non-hydrogen) atoms. The lowest BCUT2D eigenvalue weighted by Gasteiger charge is -2.28. The van der Waals surface area contributed by atoms with Crippen molar-refractivity contribution in [3.63, 3.8) is 0 Å². The van der Waals surface area contributed by atoms with Crippen molar-refractivity contribution in [2.45, 2.75) is 65.6 Å². The zero-order valence-corrected chi connectivity index (χ0v) is 15.9. The Kier molecular flexibility index (Phi) is 7.68. The van der Waals surface area contributed by atoms with Gasteiger partial charge in [-0.1, -0.05) is 70.2 Å². The van der Waals surface area contributed by atoms with Gasteiger partial charge in [0, 0.05) is 13.2 Å². The van der Waals surface area contributed by atoms with Crippen LogP contribution in [-0.4, -0.2) is 21.3 Å². The Bertz CT molecular complexity index is 410. The summed E-state index contributed by atoms with van der Waals surface area (Å²) in [7, 11) is -1.29. The molecule has 0 aliphatic rings. The van der Waals surface area contributed by atoms with E-state index in [1.807, 2.05) is 0 Å². The van der Waals surface area contributed by atoms with Crippen LogP contribution in [0.4, 0.5) is 0 Å². The fraction of sp³-hybridized carbons (Fsp3) is 0.684. The average molecular weight is 307 g/mol. The Labute approximate surface area is 133 Å². The van der Waals surface area contributed by atoms with Crippen LogP contribution in [0.5, 0.6) is 0 Å². The van der Waals surface area contributed by atoms with Gasteiger partial charge in [-0.2, -0.15) is 0 Å². The summed E-state index contributed by atoms with van der Waals surface area (Å²) < 4.78 is 5.71. The molecule has 0 atom stereocenters. The van der Waals surface area contributed by atoms with Gasteiger partial charge in [-0.15, -0.1) is 0 Å². The molecule has 0 heterocycles. The molecule has 120 valence electrons. The maximum Gasteiger partial charge on any atom is 0.0831 e. The third kappa shape index (κ3) is 6.35. The molecular weight excluding hydrogens is 272 g/mol. The summed E-state index contributed by atoms with van der Waals surface area (Å²) in [5, 5.41) is 1.59. The quantitative estimate of drug-likeness (QED) is 0.460. The molecular formula is C19H34OSi. The second kappa shape index (κ2) is 8.75. The molecule has 0 radical (unpaired) electrons. The van der Waals surface area contributed by atoms with Crippen LogP contribution in [0, 0.1) is 5.92 Å². The van der Waals surface area contributed by atoms with E-state index in [1.165, 1.54) is 12.0 Å². The zero-order chi connectivity index (χ0) is 15.9. The van der Waals surface area contributed by atoms with Crippen molar-refractivity contribution >= 4 is 13.3 Å². The Morgan fingerprint density at radius 2 is 1.76 bits per heavy atom. The maximum absolute atomic E-state index is 5.71. The highest BCUT2D eigenvalue weighted by Gasteiger charge is 2.27. The highest BCUT2D eigenvalue weighted by molar-refractivity contribution is 6.90. The molecule has 0 aliphatic carbocycles. The molecule has 0 saturated heterocycles. The molecule has 0 fully saturated rings. The number of ether oxygens (including phenoxy) is 1. The lowest BCUT2D eigenvalue weighted by Crippen LogP contribution is -2.44. The Morgan fingerprint density at radius 1 is 1.05 bits per heavy atom. The third-order valence-electron chi connectivity index (χ3n) is 4.71. The minimum absolute atomic E-state index is 0.741. The van der Waals surface area contributed by atoms with Crippen LogP contribution in [-0.2, 0) is 11.2 Å². The molecule has 1 aromatic rings. The number of hydrogen-bond acceptors (Lipinski definition) is 1. The third-order valence-corrected chi connectivity index (χ3v) is 9.39. The highest BCUT2D eigenvalue weighted by Crippen LogP contribution is 2.20. The van der Waals surface area contributed by atoms with Gasteiger partial charge < -0.3 is 4.74 Å². The monoisotopic (exact) mass is 306 g/mol. The molecule has 1 rings (SSSR count). The van der Waals surface area contributed by atoms with E-state index >= 15 is 0 Å². The predicted octanol–water partition coefficient (Wildman–Crippen LogP) is 5.01. The summed E-state index contributed by atoms with van der Waals surface area (Å²) in [5.41, 5.74) is 2.26. The lowest BCUT2D eigenvalue weighted by molar-refractivity contribution is 0.121. The van der Waals surface area contributed by atoms with Crippen molar-refractivity contribution in [1.29, 1.82) is 0 Å². The van der Waals surface area contributed by atoms with Gasteiger partial charge >= 0.3 is 0 Å². The standard InChI is InChI=1S/C19H34OSi/c1-16(2)12-14-20-13-8-10-18-9-7-11-19(15-18)21(5,6)17(3)4/h7,9,11,15-17H,8,10,12-14H2,1-6H3. The van der Waals surface area contributed by atoms with E-state index in [2.05, 4.69) is 65.1 Å². The van der Waals surface area contributed by atoms with E-state index in [0.717, 1.165) is 37.5 Å². The van der Waals surface area contributed by atoms with Crippen molar-refractivity contribution in [3.8, 4) is 0 Å². The first-order chi connectivity index (χ1) is 9.84. The number of benzene rings is 1. The molecule has 0 saturated carbocycles. The highest BCUT2D eigenvalue weighted by atomic mass is 28.3. The van der Waals surface area contributed by atoms with Gasteiger partial charge in [0.25, 0.3) is 0 Å². The van der Waals surface area contributed by atoms with Gasteiger partial charge in [0.1, 0.15) is 0 Å². The maximum atomic E-state index is 5.71. The predicted molar refractivity (Wildman–Crippen MR) is 97.3 cm³/mol. The summed E-state index contributed by atoms with van der Waals surface area (Å²) in [5.74, 6) is 0.741. The Morgan fingerprint density at radius 3 is 2.38 bits per heavy atom. The first-order valence-electron chi connectivity index (χ1n) is 8.51. The van der Waals surface area contributed by atoms with Crippen LogP contribution in [0.15, 0.2) is 24.3 Å². The van der Waals surface area contributed by atoms with Crippen LogP contribution >= 0.6 is 0 Å². The van der Waals surface area contributed by atoms with E-state index in [9.17, 15) is 0 Å². The normalized spacial score (nSPS) is 12.4. The Hall–Kier alpha value is -0.603. The van der Waals surface area contributed by atoms with E-state index in [1.54, 1.807) is 5.19 Å². The fourth-order valence-electron chi connectivity index (χ4n) is 2.26. The largest absolute Gasteiger partial charge is 0.381 e. The van der Waals surface area contributed by atoms with Crippen LogP contribution in [0.1, 0.15) is 46.1 Å². The molecule has 0 aliphatic heterocycles. The fourth-order valence-corrected chi connectivity index (χ4v) is 4.01. The van der Waals surface area contributed by atoms with Crippen LogP contribution in [0.3, 0.4) is 0 Å². The van der Waals surface area contributed by atoms with E-state index in [0.29, 0.717) is 0 Å². The summed E-state index contributed by atoms with van der Waals surface area (Å²) in [6.45, 7) is 16.0. The minimum Gasteiger partial charge on any atom is -0.381 e. The summed E-state index contributed by atoms with van der Waals surface area (Å²) in [4.78, 5) is 0. The van der Waals surface area contributed by atoms with E-state index in [4.69, 9.17) is 4.74 Å². The van der Waals surface area contributed by atoms with E-state index < -0.39 is 8.07 Å². The number of aryl methyl sites for hydroxylation is 1. The second-order valence-electron chi connectivity index (χ2n) is 7.48. The van der Waals surface area contributed by atoms with Crippen molar-refractivity contribution in [3.05, 3.63) is 29.8 Å². The molecule has 0 aromatic heterocycles. The Balaban J connectivity index is 2.43. The summed E-state index contributed by atoms with van der Waals surface area (Å²) in [6.07, 6.45) is 3.44. The van der Waals surface area contributed by atoms with Gasteiger partial charge in [-0.3, -0.25) is 0 Å². The van der Waals surface area contributed by atoms with Crippen LogP contribution < -0.4 is 5.19 Å². The zero-order valence-electron chi connectivity index (χ0n) is 14.9. The topological polar surface area (TPSA) is 9.23 Å². The molecule has 0 amide bonds. The van der Waals surface area contributed by atoms with Crippen molar-refractivity contribution < 1.29 is 4.74 Å². The molecule has 0 unspecified atom stereocenters. The molecule has 0 spiro atoms. The first kappa shape index (κ1) is 18.4. The average Bonchev–Trinajstić information content (AvgIpc) is 2.42. The van der Waals surface area contributed by atoms with Gasteiger partial charge in [0.05, 0.1) is 8.07 Å². The van der Waals surface area contributed by atoms with E-state index in [-0.39, 0.29) is 0 Å². The number of rotatable bonds is 9. The SMILES string of the molecule is CC(C)CCOCCCc1cccc([Si](C)(C)C(C)C)c1. The number of hydrogen-bond donors (Lipinski definition) is 0. The molecule has 0 bridgehead atoms. The van der Waals surface area contributed by atoms with Gasteiger partial charge in [-0.25, -0.2) is 0 Å². The lowest BCUT2D eigenvalue weighted by atomic mass is 10.1. The van der Waals surface area contributed by atoms with Gasteiger partial charge in [0.15, 0.2) is 0 Å². The second-order valence-corrected chi connectivity index (χ2v) is 12.7. The smallest absolute Gasteiger partial charge is 0.0831 e. The summed E-state index contributed by atoms with van der Waals surface area (Å²) >= 11 is 0. The minimum atomic E-state index is -1.29. The van der Waals surface area contributed by atoms with Crippen molar-refractivity contribution in [2.75, 3.05) is 13.2 Å². The van der Waals surface area contributed by atoms with Crippen LogP contribution in [0.25, 0.3) is 0 Å².